The summed E-state index contributed by atoms with van der Waals surface area (Å²) in [6, 6.07) is 0. The second kappa shape index (κ2) is 5.00. The molecule has 0 radical (unpaired) electrons. The van der Waals surface area contributed by atoms with E-state index in [1.807, 2.05) is 0 Å². The number of hydrogen-bond acceptors (Lipinski definition) is 2. The highest BCUT2D eigenvalue weighted by molar-refractivity contribution is 7.87. The summed E-state index contributed by atoms with van der Waals surface area (Å²) in [6.07, 6.45) is 0.818. The largest absolute Gasteiger partial charge is 0.330 e. The molecule has 0 spiro atoms. The van der Waals surface area contributed by atoms with Crippen LogP contribution in [0, 0.1) is 0 Å². The molecule has 1 atom stereocenters. The highest BCUT2D eigenvalue weighted by atomic mass is 32.2. The Morgan fingerprint density at radius 3 is 2.75 bits per heavy atom. The van der Waals surface area contributed by atoms with Gasteiger partial charge in [-0.15, -0.1) is 0 Å². The van der Waals surface area contributed by atoms with Crippen molar-refractivity contribution >= 4 is 10.8 Å². The van der Waals surface area contributed by atoms with Crippen LogP contribution in [0.25, 0.3) is 0 Å². The molecule has 2 N–H and O–H groups in total. The molecular formula is C5H11NOS. The molecule has 0 saturated heterocycles. The Hall–Kier alpha value is -0.150. The highest BCUT2D eigenvalue weighted by Crippen LogP contribution is 1.84. The second-order valence-electron chi connectivity index (χ2n) is 1.39. The molecule has 0 aromatic heterocycles. The molecule has 0 aliphatic rings. The summed E-state index contributed by atoms with van der Waals surface area (Å²) < 4.78 is 10.5. The quantitative estimate of drug-likeness (QED) is 0.596. The van der Waals surface area contributed by atoms with Crippen molar-refractivity contribution < 1.29 is 4.21 Å². The normalized spacial score (nSPS) is 13.1. The zero-order valence-corrected chi connectivity index (χ0v) is 5.62. The van der Waals surface area contributed by atoms with Gasteiger partial charge >= 0.3 is 0 Å². The fourth-order valence-corrected chi connectivity index (χ4v) is 0.927. The average molecular weight is 133 g/mol. The monoisotopic (exact) mass is 133 g/mol. The number of hydrogen-bond donors (Lipinski definition) is 1. The lowest BCUT2D eigenvalue weighted by atomic mass is 10.5. The van der Waals surface area contributed by atoms with Gasteiger partial charge in [0.15, 0.2) is 0 Å². The molecule has 0 saturated carbocycles. The maximum absolute atomic E-state index is 10.5. The molecule has 0 rings (SSSR count). The molecule has 0 amide bonds. The highest BCUT2D eigenvalue weighted by Gasteiger charge is 1.88. The maximum atomic E-state index is 10.5. The van der Waals surface area contributed by atoms with E-state index < -0.39 is 10.8 Å². The van der Waals surface area contributed by atoms with Gasteiger partial charge in [0, 0.05) is 16.6 Å². The number of nitrogens with two attached hydrogens (primary N) is 1. The lowest BCUT2D eigenvalue weighted by molar-refractivity contribution is 0.686. The van der Waals surface area contributed by atoms with E-state index in [0.29, 0.717) is 12.3 Å². The minimum absolute atomic E-state index is 0.611. The Morgan fingerprint density at radius 2 is 2.38 bits per heavy atom. The van der Waals surface area contributed by atoms with Crippen molar-refractivity contribution in [2.75, 3.05) is 12.3 Å². The van der Waals surface area contributed by atoms with E-state index in [0.717, 1.165) is 6.42 Å². The Kier molecular flexibility index (Phi) is 4.90. The van der Waals surface area contributed by atoms with Gasteiger partial charge in [0.05, 0.1) is 0 Å². The summed E-state index contributed by atoms with van der Waals surface area (Å²) in [7, 11) is -0.843. The Bertz CT molecular complexity index is 92.4. The van der Waals surface area contributed by atoms with E-state index in [4.69, 9.17) is 5.73 Å². The minimum atomic E-state index is -0.843. The first kappa shape index (κ1) is 7.85. The molecule has 0 aromatic carbocycles. The van der Waals surface area contributed by atoms with Gasteiger partial charge in [-0.25, -0.2) is 0 Å². The third-order valence-corrected chi connectivity index (χ3v) is 1.80. The van der Waals surface area contributed by atoms with Crippen LogP contribution in [-0.2, 0) is 10.8 Å². The van der Waals surface area contributed by atoms with Gasteiger partial charge in [0.25, 0.3) is 0 Å². The van der Waals surface area contributed by atoms with E-state index in [2.05, 4.69) is 6.58 Å². The second-order valence-corrected chi connectivity index (χ2v) is 2.90. The van der Waals surface area contributed by atoms with Crippen LogP contribution in [0.4, 0.5) is 0 Å². The summed E-state index contributed by atoms with van der Waals surface area (Å²) in [6.45, 7) is 3.98. The standard InChI is InChI=1S/C5H11NOS/c1-2-8(7)5-3-4-6/h2H,1,3-6H2. The van der Waals surface area contributed by atoms with E-state index in [1.54, 1.807) is 0 Å². The fraction of sp³-hybridized carbons (Fsp3) is 0.600. The summed E-state index contributed by atoms with van der Waals surface area (Å²) in [4.78, 5) is 0. The summed E-state index contributed by atoms with van der Waals surface area (Å²) in [5.74, 6) is 0.653. The minimum Gasteiger partial charge on any atom is -0.330 e. The smallest absolute Gasteiger partial charge is 0.0450 e. The van der Waals surface area contributed by atoms with E-state index >= 15 is 0 Å². The first-order valence-corrected chi connectivity index (χ1v) is 3.89. The van der Waals surface area contributed by atoms with Crippen molar-refractivity contribution in [3.63, 3.8) is 0 Å². The van der Waals surface area contributed by atoms with Gasteiger partial charge in [0.1, 0.15) is 0 Å². The summed E-state index contributed by atoms with van der Waals surface area (Å²) in [5.41, 5.74) is 5.16. The van der Waals surface area contributed by atoms with Gasteiger partial charge in [-0.3, -0.25) is 4.21 Å². The van der Waals surface area contributed by atoms with E-state index in [9.17, 15) is 4.21 Å². The van der Waals surface area contributed by atoms with Gasteiger partial charge in [-0.05, 0) is 18.4 Å². The van der Waals surface area contributed by atoms with E-state index in [-0.39, 0.29) is 0 Å². The van der Waals surface area contributed by atoms with Crippen molar-refractivity contribution in [1.29, 1.82) is 0 Å². The Balaban J connectivity index is 3.11. The van der Waals surface area contributed by atoms with Crippen LogP contribution in [-0.4, -0.2) is 16.5 Å². The third-order valence-electron chi connectivity index (χ3n) is 0.736. The summed E-state index contributed by atoms with van der Waals surface area (Å²) >= 11 is 0. The van der Waals surface area contributed by atoms with Crippen LogP contribution in [0.15, 0.2) is 12.0 Å². The van der Waals surface area contributed by atoms with Crippen LogP contribution < -0.4 is 5.73 Å². The van der Waals surface area contributed by atoms with Crippen molar-refractivity contribution in [2.24, 2.45) is 5.73 Å². The predicted octanol–water partition coefficient (Wildman–Crippen LogP) is 0.227. The van der Waals surface area contributed by atoms with Gasteiger partial charge in [0.2, 0.25) is 0 Å². The predicted molar refractivity (Wildman–Crippen MR) is 36.9 cm³/mol. The van der Waals surface area contributed by atoms with Crippen LogP contribution in [0.2, 0.25) is 0 Å². The van der Waals surface area contributed by atoms with Crippen LogP contribution >= 0.6 is 0 Å². The molecule has 0 aliphatic heterocycles. The number of rotatable bonds is 4. The van der Waals surface area contributed by atoms with Crippen molar-refractivity contribution in [3.05, 3.63) is 12.0 Å². The SMILES string of the molecule is C=CS(=O)CCCN. The van der Waals surface area contributed by atoms with Gasteiger partial charge in [-0.2, -0.15) is 0 Å². The molecule has 0 bridgehead atoms. The zero-order valence-electron chi connectivity index (χ0n) is 4.80. The zero-order chi connectivity index (χ0) is 6.41. The first-order valence-electron chi connectivity index (χ1n) is 2.51. The summed E-state index contributed by atoms with van der Waals surface area (Å²) in [5, 5.41) is 1.44. The lowest BCUT2D eigenvalue weighted by Gasteiger charge is -1.89. The van der Waals surface area contributed by atoms with Crippen molar-refractivity contribution in [2.45, 2.75) is 6.42 Å². The Labute approximate surface area is 52.2 Å². The molecule has 3 heteroatoms. The Morgan fingerprint density at radius 1 is 1.75 bits per heavy atom. The van der Waals surface area contributed by atoms with Gasteiger partial charge < -0.3 is 5.73 Å². The molecule has 1 unspecified atom stereocenters. The molecule has 48 valence electrons. The molecule has 2 nitrogen and oxygen atoms in total. The third kappa shape index (κ3) is 4.02. The first-order chi connectivity index (χ1) is 3.81. The molecular weight excluding hydrogens is 122 g/mol. The maximum Gasteiger partial charge on any atom is 0.0450 e. The van der Waals surface area contributed by atoms with Crippen LogP contribution in [0.5, 0.6) is 0 Å². The van der Waals surface area contributed by atoms with Crippen LogP contribution in [0.3, 0.4) is 0 Å². The molecule has 0 heterocycles. The van der Waals surface area contributed by atoms with Gasteiger partial charge in [-0.1, -0.05) is 6.58 Å². The topological polar surface area (TPSA) is 43.1 Å². The molecule has 8 heavy (non-hydrogen) atoms. The lowest BCUT2D eigenvalue weighted by Crippen LogP contribution is -2.03. The molecule has 0 aliphatic carbocycles. The van der Waals surface area contributed by atoms with Crippen molar-refractivity contribution in [1.82, 2.24) is 0 Å². The average Bonchev–Trinajstić information content (AvgIpc) is 1.83. The van der Waals surface area contributed by atoms with E-state index in [1.165, 1.54) is 5.41 Å². The fourth-order valence-electron chi connectivity index (χ4n) is 0.309. The molecule has 0 aromatic rings. The van der Waals surface area contributed by atoms with Crippen LogP contribution in [0.1, 0.15) is 6.42 Å². The molecule has 0 fully saturated rings. The van der Waals surface area contributed by atoms with Crippen molar-refractivity contribution in [3.8, 4) is 0 Å².